The molecule has 21 heavy (non-hydrogen) atoms. The lowest BCUT2D eigenvalue weighted by Crippen LogP contribution is -2.38. The molecule has 0 bridgehead atoms. The minimum atomic E-state index is -0.463. The van der Waals surface area contributed by atoms with Crippen LogP contribution in [-0.4, -0.2) is 35.4 Å². The maximum atomic E-state index is 11.7. The Morgan fingerprint density at radius 2 is 2.14 bits per heavy atom. The van der Waals surface area contributed by atoms with Crippen LogP contribution in [0.2, 0.25) is 0 Å². The largest absolute Gasteiger partial charge is 0.353 e. The smallest absolute Gasteiger partial charge is 0.269 e. The van der Waals surface area contributed by atoms with E-state index in [4.69, 9.17) is 5.84 Å². The average Bonchev–Trinajstić information content (AvgIpc) is 2.37. The van der Waals surface area contributed by atoms with Gasteiger partial charge in [-0.3, -0.25) is 25.7 Å². The Morgan fingerprint density at radius 1 is 1.48 bits per heavy atom. The fourth-order valence-electron chi connectivity index (χ4n) is 1.92. The molecule has 0 spiro atoms. The van der Waals surface area contributed by atoms with Crippen LogP contribution in [0, 0.1) is 10.1 Å². The van der Waals surface area contributed by atoms with Crippen molar-refractivity contribution in [2.45, 2.75) is 26.4 Å². The van der Waals surface area contributed by atoms with Gasteiger partial charge in [0.1, 0.15) is 0 Å². The van der Waals surface area contributed by atoms with Crippen LogP contribution in [0.4, 0.5) is 11.4 Å². The summed E-state index contributed by atoms with van der Waals surface area (Å²) in [5, 5.41) is 13.6. The molecule has 0 heterocycles. The first-order valence-electron chi connectivity index (χ1n) is 6.55. The molecule has 116 valence electrons. The van der Waals surface area contributed by atoms with E-state index in [9.17, 15) is 14.9 Å². The number of carbonyl (C=O) groups excluding carboxylic acids is 1. The lowest BCUT2D eigenvalue weighted by molar-refractivity contribution is -0.384. The molecular weight excluding hydrogens is 274 g/mol. The number of carbonyl (C=O) groups is 1. The second kappa shape index (κ2) is 7.55. The maximum absolute atomic E-state index is 11.7. The number of nitrogens with zero attached hydrogens (tertiary/aromatic N) is 2. The number of nitrogens with two attached hydrogens (primary N) is 1. The molecule has 1 amide bonds. The Morgan fingerprint density at radius 3 is 2.67 bits per heavy atom. The highest BCUT2D eigenvalue weighted by atomic mass is 16.6. The Hall–Kier alpha value is -2.19. The van der Waals surface area contributed by atoms with Gasteiger partial charge in [-0.15, -0.1) is 0 Å². The van der Waals surface area contributed by atoms with Gasteiger partial charge in [0.05, 0.1) is 17.2 Å². The summed E-state index contributed by atoms with van der Waals surface area (Å²) in [5.74, 6) is 5.30. The van der Waals surface area contributed by atoms with Crippen molar-refractivity contribution in [2.75, 3.05) is 19.0 Å². The molecule has 0 aliphatic heterocycles. The van der Waals surface area contributed by atoms with Gasteiger partial charge >= 0.3 is 0 Å². The van der Waals surface area contributed by atoms with Crippen LogP contribution in [0.1, 0.15) is 19.4 Å². The number of nitro groups is 1. The van der Waals surface area contributed by atoms with Crippen LogP contribution in [0.15, 0.2) is 18.2 Å². The maximum Gasteiger partial charge on any atom is 0.269 e. The summed E-state index contributed by atoms with van der Waals surface area (Å²) in [5.41, 5.74) is 3.75. The molecule has 0 aliphatic carbocycles. The van der Waals surface area contributed by atoms with Crippen molar-refractivity contribution in [1.82, 2.24) is 10.2 Å². The molecule has 0 atom stereocenters. The third kappa shape index (κ3) is 5.36. The number of nitrogens with one attached hydrogen (secondary N) is 2. The molecule has 8 nitrogen and oxygen atoms in total. The number of nitro benzene ring substituents is 1. The van der Waals surface area contributed by atoms with E-state index in [0.717, 1.165) is 0 Å². The minimum Gasteiger partial charge on any atom is -0.353 e. The number of hydrogen-bond acceptors (Lipinski definition) is 6. The van der Waals surface area contributed by atoms with E-state index in [1.165, 1.54) is 12.1 Å². The summed E-state index contributed by atoms with van der Waals surface area (Å²) in [7, 11) is 1.76. The first-order chi connectivity index (χ1) is 9.83. The molecule has 0 aliphatic rings. The van der Waals surface area contributed by atoms with Gasteiger partial charge in [-0.25, -0.2) is 0 Å². The van der Waals surface area contributed by atoms with Crippen LogP contribution in [0.25, 0.3) is 0 Å². The highest BCUT2D eigenvalue weighted by Gasteiger charge is 2.14. The van der Waals surface area contributed by atoms with Gasteiger partial charge < -0.3 is 10.7 Å². The number of amides is 1. The number of hydrogen-bond donors (Lipinski definition) is 3. The van der Waals surface area contributed by atoms with Gasteiger partial charge in [-0.05, 0) is 32.5 Å². The normalized spacial score (nSPS) is 10.8. The first-order valence-corrected chi connectivity index (χ1v) is 6.55. The number of rotatable bonds is 7. The molecule has 1 rings (SSSR count). The molecule has 0 saturated heterocycles. The average molecular weight is 295 g/mol. The highest BCUT2D eigenvalue weighted by Crippen LogP contribution is 2.22. The van der Waals surface area contributed by atoms with Crippen LogP contribution in [0.3, 0.4) is 0 Å². The second-order valence-corrected chi connectivity index (χ2v) is 5.14. The summed E-state index contributed by atoms with van der Waals surface area (Å²) in [6, 6.07) is 4.45. The molecule has 0 saturated carbocycles. The van der Waals surface area contributed by atoms with Crippen LogP contribution in [-0.2, 0) is 11.3 Å². The lowest BCUT2D eigenvalue weighted by atomic mass is 10.1. The van der Waals surface area contributed by atoms with E-state index in [1.807, 2.05) is 13.8 Å². The number of nitrogen functional groups attached to an aromatic ring is 1. The summed E-state index contributed by atoms with van der Waals surface area (Å²) in [4.78, 5) is 23.8. The van der Waals surface area contributed by atoms with Crippen molar-refractivity contribution in [2.24, 2.45) is 5.84 Å². The van der Waals surface area contributed by atoms with Crippen LogP contribution in [0.5, 0.6) is 0 Å². The number of hydrazine groups is 1. The predicted molar refractivity (Wildman–Crippen MR) is 80.5 cm³/mol. The topological polar surface area (TPSA) is 114 Å². The van der Waals surface area contributed by atoms with Crippen molar-refractivity contribution in [3.8, 4) is 0 Å². The zero-order chi connectivity index (χ0) is 16.0. The quantitative estimate of drug-likeness (QED) is 0.390. The summed E-state index contributed by atoms with van der Waals surface area (Å²) >= 11 is 0. The summed E-state index contributed by atoms with van der Waals surface area (Å²) in [6.45, 7) is 4.33. The number of likely N-dealkylation sites (N-methyl/N-ethyl adjacent to an activating group) is 1. The number of benzene rings is 1. The minimum absolute atomic E-state index is 0.0102. The zero-order valence-electron chi connectivity index (χ0n) is 12.4. The van der Waals surface area contributed by atoms with E-state index < -0.39 is 4.92 Å². The summed E-state index contributed by atoms with van der Waals surface area (Å²) in [6.07, 6.45) is 0. The molecular formula is C13H21N5O3. The van der Waals surface area contributed by atoms with Gasteiger partial charge in [-0.2, -0.15) is 0 Å². The van der Waals surface area contributed by atoms with Gasteiger partial charge in [0, 0.05) is 24.7 Å². The molecule has 4 N–H and O–H groups in total. The zero-order valence-corrected chi connectivity index (χ0v) is 12.4. The molecule has 0 fully saturated rings. The first kappa shape index (κ1) is 16.9. The van der Waals surface area contributed by atoms with E-state index in [2.05, 4.69) is 10.7 Å². The lowest BCUT2D eigenvalue weighted by Gasteiger charge is -2.19. The predicted octanol–water partition coefficient (Wildman–Crippen LogP) is 0.837. The fourth-order valence-corrected chi connectivity index (χ4v) is 1.92. The molecule has 1 aromatic carbocycles. The van der Waals surface area contributed by atoms with E-state index in [0.29, 0.717) is 17.8 Å². The number of non-ortho nitro benzene ring substituents is 1. The van der Waals surface area contributed by atoms with E-state index >= 15 is 0 Å². The van der Waals surface area contributed by atoms with E-state index in [-0.39, 0.29) is 24.2 Å². The Bertz CT molecular complexity index is 519. The van der Waals surface area contributed by atoms with Crippen LogP contribution >= 0.6 is 0 Å². The van der Waals surface area contributed by atoms with Gasteiger partial charge in [0.15, 0.2) is 0 Å². The fraction of sp³-hybridized carbons (Fsp3) is 0.462. The van der Waals surface area contributed by atoms with Gasteiger partial charge in [0.2, 0.25) is 5.91 Å². The van der Waals surface area contributed by atoms with Crippen molar-refractivity contribution >= 4 is 17.3 Å². The molecule has 0 unspecified atom stereocenters. The molecule has 0 aromatic heterocycles. The molecule has 0 radical (unpaired) electrons. The van der Waals surface area contributed by atoms with Gasteiger partial charge in [0.25, 0.3) is 5.69 Å². The third-order valence-corrected chi connectivity index (χ3v) is 2.76. The Kier molecular flexibility index (Phi) is 6.07. The Labute approximate surface area is 123 Å². The number of anilines is 1. The van der Waals surface area contributed by atoms with Crippen molar-refractivity contribution in [3.63, 3.8) is 0 Å². The highest BCUT2D eigenvalue weighted by molar-refractivity contribution is 5.78. The van der Waals surface area contributed by atoms with Crippen LogP contribution < -0.4 is 16.6 Å². The third-order valence-electron chi connectivity index (χ3n) is 2.76. The molecule has 1 aromatic rings. The summed E-state index contributed by atoms with van der Waals surface area (Å²) < 4.78 is 0. The van der Waals surface area contributed by atoms with Crippen molar-refractivity contribution in [3.05, 3.63) is 33.9 Å². The molecule has 8 heteroatoms. The van der Waals surface area contributed by atoms with E-state index in [1.54, 1.807) is 18.0 Å². The SMILES string of the molecule is CC(C)NC(=O)CN(C)Cc1cc([N+](=O)[O-])ccc1NN. The standard InChI is InChI=1S/C13H21N5O3/c1-9(2)15-13(19)8-17(3)7-10-6-11(18(20)21)4-5-12(10)16-14/h4-6,9,16H,7-8,14H2,1-3H3,(H,15,19). The van der Waals surface area contributed by atoms with Crippen molar-refractivity contribution in [1.29, 1.82) is 0 Å². The monoisotopic (exact) mass is 295 g/mol. The van der Waals surface area contributed by atoms with Crippen molar-refractivity contribution < 1.29 is 9.72 Å². The Balaban J connectivity index is 2.78. The van der Waals surface area contributed by atoms with Gasteiger partial charge in [-0.1, -0.05) is 0 Å². The second-order valence-electron chi connectivity index (χ2n) is 5.14.